The molecule has 1 aromatic heterocycles. The van der Waals surface area contributed by atoms with Crippen molar-refractivity contribution in [3.05, 3.63) is 51.4 Å². The van der Waals surface area contributed by atoms with Crippen molar-refractivity contribution in [1.29, 1.82) is 0 Å². The van der Waals surface area contributed by atoms with Gasteiger partial charge in [-0.25, -0.2) is 0 Å². The van der Waals surface area contributed by atoms with E-state index in [0.717, 1.165) is 0 Å². The number of carbonyl (C=O) groups is 1. The highest BCUT2D eigenvalue weighted by molar-refractivity contribution is 6.42. The maximum atomic E-state index is 11.7. The van der Waals surface area contributed by atoms with Crippen molar-refractivity contribution in [2.24, 2.45) is 0 Å². The number of nitrogens with one attached hydrogen (secondary N) is 1. The number of halogens is 3. The van der Waals surface area contributed by atoms with Gasteiger partial charge >= 0.3 is 0 Å². The van der Waals surface area contributed by atoms with Crippen molar-refractivity contribution in [2.45, 2.75) is 0 Å². The zero-order valence-corrected chi connectivity index (χ0v) is 10.6. The third-order valence-corrected chi connectivity index (χ3v) is 2.80. The highest BCUT2D eigenvalue weighted by Gasteiger charge is 2.14. The minimum atomic E-state index is -0.430. The maximum absolute atomic E-state index is 11.7. The van der Waals surface area contributed by atoms with Gasteiger partial charge in [-0.15, -0.1) is 0 Å². The van der Waals surface area contributed by atoms with E-state index in [1.165, 1.54) is 24.5 Å². The molecule has 0 aliphatic rings. The van der Waals surface area contributed by atoms with Crippen molar-refractivity contribution in [1.82, 2.24) is 0 Å². The summed E-state index contributed by atoms with van der Waals surface area (Å²) >= 11 is 17.6. The van der Waals surface area contributed by atoms with Gasteiger partial charge in [0, 0.05) is 5.02 Å². The van der Waals surface area contributed by atoms with Crippen LogP contribution >= 0.6 is 34.8 Å². The first-order chi connectivity index (χ1) is 8.08. The highest BCUT2D eigenvalue weighted by Crippen LogP contribution is 2.33. The summed E-state index contributed by atoms with van der Waals surface area (Å²) in [6.07, 6.45) is 1.40. The second kappa shape index (κ2) is 5.00. The Morgan fingerprint density at radius 2 is 1.82 bits per heavy atom. The Labute approximate surface area is 112 Å². The average Bonchev–Trinajstić information content (AvgIpc) is 2.76. The van der Waals surface area contributed by atoms with E-state index in [0.29, 0.717) is 10.7 Å². The lowest BCUT2D eigenvalue weighted by Gasteiger charge is -2.08. The summed E-state index contributed by atoms with van der Waals surface area (Å²) in [5.74, 6) is -0.256. The third kappa shape index (κ3) is 2.75. The average molecular weight is 291 g/mol. The standard InChI is InChI=1S/C11H6Cl3NO2/c12-6-4-7(13)10(8(14)5-6)15-11(16)9-2-1-3-17-9/h1-5H,(H,15,16). The molecular formula is C11H6Cl3NO2. The molecule has 0 saturated carbocycles. The summed E-state index contributed by atoms with van der Waals surface area (Å²) in [6.45, 7) is 0. The topological polar surface area (TPSA) is 42.2 Å². The van der Waals surface area contributed by atoms with E-state index in [2.05, 4.69) is 5.32 Å². The predicted octanol–water partition coefficient (Wildman–Crippen LogP) is 4.49. The van der Waals surface area contributed by atoms with Crippen LogP contribution in [0.1, 0.15) is 10.6 Å². The van der Waals surface area contributed by atoms with Crippen LogP contribution in [0.15, 0.2) is 34.9 Å². The second-order valence-electron chi connectivity index (χ2n) is 3.18. The molecule has 0 aliphatic carbocycles. The maximum Gasteiger partial charge on any atom is 0.291 e. The number of benzene rings is 1. The Balaban J connectivity index is 2.28. The Hall–Kier alpha value is -1.16. The smallest absolute Gasteiger partial charge is 0.291 e. The molecule has 0 unspecified atom stereocenters. The molecule has 1 heterocycles. The number of furan rings is 1. The van der Waals surface area contributed by atoms with E-state index in [1.807, 2.05) is 0 Å². The van der Waals surface area contributed by atoms with Gasteiger partial charge in [-0.1, -0.05) is 34.8 Å². The van der Waals surface area contributed by atoms with Gasteiger partial charge in [0.1, 0.15) is 0 Å². The van der Waals surface area contributed by atoms with Crippen LogP contribution in [0.5, 0.6) is 0 Å². The van der Waals surface area contributed by atoms with Crippen LogP contribution in [0, 0.1) is 0 Å². The molecule has 0 atom stereocenters. The minimum absolute atomic E-state index is 0.173. The van der Waals surface area contributed by atoms with E-state index in [1.54, 1.807) is 6.07 Å². The molecule has 0 bridgehead atoms. The van der Waals surface area contributed by atoms with Crippen molar-refractivity contribution in [2.75, 3.05) is 5.32 Å². The van der Waals surface area contributed by atoms with Gasteiger partial charge in [0.05, 0.1) is 22.0 Å². The number of hydrogen-bond donors (Lipinski definition) is 1. The fourth-order valence-electron chi connectivity index (χ4n) is 1.24. The summed E-state index contributed by atoms with van der Waals surface area (Å²) in [5, 5.41) is 3.48. The zero-order valence-electron chi connectivity index (χ0n) is 8.34. The molecular weight excluding hydrogens is 284 g/mol. The van der Waals surface area contributed by atoms with Crippen LogP contribution in [-0.2, 0) is 0 Å². The third-order valence-electron chi connectivity index (χ3n) is 1.99. The lowest BCUT2D eigenvalue weighted by molar-refractivity contribution is 0.0996. The van der Waals surface area contributed by atoms with Gasteiger partial charge < -0.3 is 9.73 Å². The van der Waals surface area contributed by atoms with Crippen LogP contribution in [0.4, 0.5) is 5.69 Å². The Morgan fingerprint density at radius 3 is 2.35 bits per heavy atom. The number of amides is 1. The molecule has 1 aromatic carbocycles. The fourth-order valence-corrected chi connectivity index (χ4v) is 2.16. The van der Waals surface area contributed by atoms with Crippen molar-refractivity contribution >= 4 is 46.4 Å². The van der Waals surface area contributed by atoms with Crippen LogP contribution in [-0.4, -0.2) is 5.91 Å². The fraction of sp³-hybridized carbons (Fsp3) is 0. The van der Waals surface area contributed by atoms with Gasteiger partial charge in [-0.05, 0) is 24.3 Å². The van der Waals surface area contributed by atoms with Gasteiger partial charge in [0.2, 0.25) is 0 Å². The monoisotopic (exact) mass is 289 g/mol. The molecule has 17 heavy (non-hydrogen) atoms. The SMILES string of the molecule is O=C(Nc1c(Cl)cc(Cl)cc1Cl)c1ccco1. The van der Waals surface area contributed by atoms with Gasteiger partial charge in [0.15, 0.2) is 5.76 Å². The van der Waals surface area contributed by atoms with Crippen LogP contribution < -0.4 is 5.32 Å². The molecule has 2 aromatic rings. The van der Waals surface area contributed by atoms with Crippen LogP contribution in [0.25, 0.3) is 0 Å². The van der Waals surface area contributed by atoms with Gasteiger partial charge in [-0.2, -0.15) is 0 Å². The first kappa shape index (κ1) is 12.3. The molecule has 1 amide bonds. The van der Waals surface area contributed by atoms with Gasteiger partial charge in [-0.3, -0.25) is 4.79 Å². The van der Waals surface area contributed by atoms with Crippen molar-refractivity contribution in [3.63, 3.8) is 0 Å². The molecule has 0 spiro atoms. The zero-order chi connectivity index (χ0) is 12.4. The van der Waals surface area contributed by atoms with E-state index in [-0.39, 0.29) is 15.8 Å². The molecule has 3 nitrogen and oxygen atoms in total. The molecule has 2 rings (SSSR count). The van der Waals surface area contributed by atoms with Gasteiger partial charge in [0.25, 0.3) is 5.91 Å². The lowest BCUT2D eigenvalue weighted by Crippen LogP contribution is -2.11. The first-order valence-corrected chi connectivity index (χ1v) is 5.70. The summed E-state index contributed by atoms with van der Waals surface area (Å²) < 4.78 is 4.95. The van der Waals surface area contributed by atoms with E-state index in [4.69, 9.17) is 39.2 Å². The Bertz CT molecular complexity index is 529. The summed E-state index contributed by atoms with van der Waals surface area (Å²) in [6, 6.07) is 6.13. The number of rotatable bonds is 2. The van der Waals surface area contributed by atoms with E-state index >= 15 is 0 Å². The number of anilines is 1. The first-order valence-electron chi connectivity index (χ1n) is 4.57. The Kier molecular flexibility index (Phi) is 3.62. The molecule has 0 radical (unpaired) electrons. The second-order valence-corrected chi connectivity index (χ2v) is 4.43. The van der Waals surface area contributed by atoms with Crippen molar-refractivity contribution < 1.29 is 9.21 Å². The van der Waals surface area contributed by atoms with Crippen LogP contribution in [0.3, 0.4) is 0 Å². The molecule has 1 N–H and O–H groups in total. The number of carbonyl (C=O) groups excluding carboxylic acids is 1. The minimum Gasteiger partial charge on any atom is -0.459 e. The predicted molar refractivity (Wildman–Crippen MR) is 68.1 cm³/mol. The lowest BCUT2D eigenvalue weighted by atomic mass is 10.3. The summed E-state index contributed by atoms with van der Waals surface area (Å²) in [5.41, 5.74) is 0.305. The molecule has 0 aliphatic heterocycles. The Morgan fingerprint density at radius 1 is 1.18 bits per heavy atom. The summed E-state index contributed by atoms with van der Waals surface area (Å²) in [7, 11) is 0. The molecule has 6 heteroatoms. The van der Waals surface area contributed by atoms with E-state index < -0.39 is 5.91 Å². The molecule has 0 saturated heterocycles. The quantitative estimate of drug-likeness (QED) is 0.885. The largest absolute Gasteiger partial charge is 0.459 e. The highest BCUT2D eigenvalue weighted by atomic mass is 35.5. The van der Waals surface area contributed by atoms with E-state index in [9.17, 15) is 4.79 Å². The van der Waals surface area contributed by atoms with Crippen molar-refractivity contribution in [3.8, 4) is 0 Å². The summed E-state index contributed by atoms with van der Waals surface area (Å²) in [4.78, 5) is 11.7. The normalized spacial score (nSPS) is 10.3. The van der Waals surface area contributed by atoms with Crippen LogP contribution in [0.2, 0.25) is 15.1 Å². The molecule has 88 valence electrons. The molecule has 0 fully saturated rings. The number of hydrogen-bond acceptors (Lipinski definition) is 2.